The summed E-state index contributed by atoms with van der Waals surface area (Å²) in [6.45, 7) is 7.06. The molecular formula is C10H18O6Si. The summed E-state index contributed by atoms with van der Waals surface area (Å²) in [5.74, 6) is -1.92. The molecule has 98 valence electrons. The smallest absolute Gasteiger partial charge is 0.455 e. The zero-order valence-corrected chi connectivity index (χ0v) is 11.7. The number of hydrogen-bond acceptors (Lipinski definition) is 6. The van der Waals surface area contributed by atoms with Gasteiger partial charge in [-0.25, -0.2) is 0 Å². The Bertz CT molecular complexity index is 273. The van der Waals surface area contributed by atoms with Crippen molar-refractivity contribution in [3.8, 4) is 0 Å². The molecule has 0 saturated carbocycles. The minimum atomic E-state index is -3.64. The van der Waals surface area contributed by atoms with Crippen LogP contribution in [0.5, 0.6) is 0 Å². The predicted octanol–water partition coefficient (Wildman–Crippen LogP) is 1.41. The Kier molecular flexibility index (Phi) is 5.87. The van der Waals surface area contributed by atoms with Crippen LogP contribution in [0.4, 0.5) is 0 Å². The number of hydrogen-bond donors (Lipinski definition) is 0. The van der Waals surface area contributed by atoms with E-state index in [1.807, 2.05) is 6.92 Å². The second-order valence-electron chi connectivity index (χ2n) is 3.69. The van der Waals surface area contributed by atoms with Gasteiger partial charge in [0.1, 0.15) is 0 Å². The van der Waals surface area contributed by atoms with Gasteiger partial charge in [0.05, 0.1) is 5.54 Å². The summed E-state index contributed by atoms with van der Waals surface area (Å²) in [4.78, 5) is 33.2. The molecule has 0 aliphatic carbocycles. The molecule has 0 amide bonds. The number of rotatable bonds is 5. The largest absolute Gasteiger partial charge is 0.708 e. The molecule has 0 heterocycles. The lowest BCUT2D eigenvalue weighted by atomic mass is 10.4. The van der Waals surface area contributed by atoms with E-state index in [0.29, 0.717) is 6.42 Å². The van der Waals surface area contributed by atoms with Gasteiger partial charge in [-0.2, -0.15) is 0 Å². The molecular weight excluding hydrogens is 244 g/mol. The Balaban J connectivity index is 5.24. The van der Waals surface area contributed by atoms with Crippen LogP contribution in [0.1, 0.15) is 41.0 Å². The van der Waals surface area contributed by atoms with Crippen LogP contribution >= 0.6 is 0 Å². The van der Waals surface area contributed by atoms with Gasteiger partial charge < -0.3 is 13.3 Å². The first-order chi connectivity index (χ1) is 7.73. The minimum Gasteiger partial charge on any atom is -0.455 e. The van der Waals surface area contributed by atoms with Gasteiger partial charge in [0.2, 0.25) is 0 Å². The highest BCUT2D eigenvalue weighted by molar-refractivity contribution is 6.67. The van der Waals surface area contributed by atoms with Gasteiger partial charge in [0, 0.05) is 20.8 Å². The molecule has 0 aromatic carbocycles. The fourth-order valence-corrected chi connectivity index (χ4v) is 3.65. The third-order valence-corrected chi connectivity index (χ3v) is 5.41. The lowest BCUT2D eigenvalue weighted by Gasteiger charge is -2.30. The topological polar surface area (TPSA) is 78.9 Å². The molecule has 0 bridgehead atoms. The Labute approximate surface area is 102 Å². The molecule has 0 aromatic heterocycles. The summed E-state index contributed by atoms with van der Waals surface area (Å²) in [5.41, 5.74) is -0.334. The van der Waals surface area contributed by atoms with E-state index in [4.69, 9.17) is 13.3 Å². The first-order valence-electron chi connectivity index (χ1n) is 5.32. The van der Waals surface area contributed by atoms with Crippen molar-refractivity contribution in [2.45, 2.75) is 46.6 Å². The van der Waals surface area contributed by atoms with Crippen molar-refractivity contribution < 1.29 is 27.7 Å². The Morgan fingerprint density at radius 2 is 1.24 bits per heavy atom. The summed E-state index contributed by atoms with van der Waals surface area (Å²) in [7, 11) is -3.64. The zero-order valence-electron chi connectivity index (χ0n) is 10.7. The molecule has 17 heavy (non-hydrogen) atoms. The van der Waals surface area contributed by atoms with Crippen LogP contribution < -0.4 is 0 Å². The van der Waals surface area contributed by atoms with Crippen molar-refractivity contribution in [3.05, 3.63) is 0 Å². The van der Waals surface area contributed by atoms with E-state index in [9.17, 15) is 14.4 Å². The van der Waals surface area contributed by atoms with Gasteiger partial charge in [-0.15, -0.1) is 0 Å². The quantitative estimate of drug-likeness (QED) is 0.697. The Hall–Kier alpha value is -1.37. The van der Waals surface area contributed by atoms with Crippen LogP contribution in [-0.2, 0) is 27.7 Å². The maximum Gasteiger partial charge on any atom is 0.708 e. The first kappa shape index (κ1) is 15.6. The summed E-state index contributed by atoms with van der Waals surface area (Å²) in [6.07, 6.45) is 0.556. The van der Waals surface area contributed by atoms with E-state index in [0.717, 1.165) is 0 Å². The molecule has 0 aliphatic heterocycles. The maximum absolute atomic E-state index is 11.1. The standard InChI is InChI=1S/C10H18O6Si/c1-6-7(2)17(14-8(3)11,15-9(4)12)16-10(5)13/h7H,6H2,1-5H3. The summed E-state index contributed by atoms with van der Waals surface area (Å²) in [5, 5.41) is 0. The number of carbonyl (C=O) groups is 3. The van der Waals surface area contributed by atoms with E-state index in [2.05, 4.69) is 0 Å². The highest BCUT2D eigenvalue weighted by Gasteiger charge is 2.56. The van der Waals surface area contributed by atoms with Crippen LogP contribution in [0.2, 0.25) is 5.54 Å². The lowest BCUT2D eigenvalue weighted by Crippen LogP contribution is -2.52. The third-order valence-electron chi connectivity index (χ3n) is 2.07. The molecule has 0 rings (SSSR count). The van der Waals surface area contributed by atoms with Crippen LogP contribution in [0.25, 0.3) is 0 Å². The van der Waals surface area contributed by atoms with Crippen molar-refractivity contribution in [1.29, 1.82) is 0 Å². The van der Waals surface area contributed by atoms with Crippen LogP contribution in [-0.4, -0.2) is 26.7 Å². The molecule has 0 aromatic rings. The van der Waals surface area contributed by atoms with Crippen molar-refractivity contribution in [2.75, 3.05) is 0 Å². The lowest BCUT2D eigenvalue weighted by molar-refractivity contribution is -0.148. The van der Waals surface area contributed by atoms with Gasteiger partial charge in [0.25, 0.3) is 17.9 Å². The van der Waals surface area contributed by atoms with Gasteiger partial charge >= 0.3 is 8.80 Å². The highest BCUT2D eigenvalue weighted by Crippen LogP contribution is 2.29. The van der Waals surface area contributed by atoms with Crippen molar-refractivity contribution >= 4 is 26.7 Å². The second-order valence-corrected chi connectivity index (χ2v) is 6.50. The molecule has 1 atom stereocenters. The first-order valence-corrected chi connectivity index (χ1v) is 7.12. The van der Waals surface area contributed by atoms with E-state index in [1.54, 1.807) is 6.92 Å². The van der Waals surface area contributed by atoms with Crippen LogP contribution in [0.3, 0.4) is 0 Å². The summed E-state index contributed by atoms with van der Waals surface area (Å²) < 4.78 is 15.1. The van der Waals surface area contributed by atoms with Gasteiger partial charge in [-0.05, 0) is 6.42 Å². The normalized spacial score (nSPS) is 12.5. The molecule has 0 fully saturated rings. The van der Waals surface area contributed by atoms with E-state index < -0.39 is 26.7 Å². The fraction of sp³-hybridized carbons (Fsp3) is 0.700. The maximum atomic E-state index is 11.1. The van der Waals surface area contributed by atoms with E-state index in [1.165, 1.54) is 20.8 Å². The summed E-state index contributed by atoms with van der Waals surface area (Å²) in [6, 6.07) is 0. The van der Waals surface area contributed by atoms with Crippen molar-refractivity contribution in [1.82, 2.24) is 0 Å². The molecule has 0 N–H and O–H groups in total. The number of carbonyl (C=O) groups excluding carboxylic acids is 3. The Morgan fingerprint density at radius 1 is 0.941 bits per heavy atom. The van der Waals surface area contributed by atoms with Crippen LogP contribution in [0, 0.1) is 0 Å². The van der Waals surface area contributed by atoms with E-state index in [-0.39, 0.29) is 5.54 Å². The predicted molar refractivity (Wildman–Crippen MR) is 60.8 cm³/mol. The molecule has 0 saturated heterocycles. The molecule has 0 aliphatic rings. The average molecular weight is 262 g/mol. The fourth-order valence-electron chi connectivity index (χ4n) is 1.22. The van der Waals surface area contributed by atoms with E-state index >= 15 is 0 Å². The zero-order chi connectivity index (χ0) is 13.6. The second kappa shape index (κ2) is 6.38. The molecule has 0 radical (unpaired) electrons. The van der Waals surface area contributed by atoms with Crippen LogP contribution in [0.15, 0.2) is 0 Å². The van der Waals surface area contributed by atoms with Crippen molar-refractivity contribution in [3.63, 3.8) is 0 Å². The van der Waals surface area contributed by atoms with Gasteiger partial charge in [0.15, 0.2) is 0 Å². The van der Waals surface area contributed by atoms with Crippen molar-refractivity contribution in [2.24, 2.45) is 0 Å². The molecule has 0 spiro atoms. The molecule has 6 nitrogen and oxygen atoms in total. The van der Waals surface area contributed by atoms with Gasteiger partial charge in [-0.1, -0.05) is 13.8 Å². The monoisotopic (exact) mass is 262 g/mol. The summed E-state index contributed by atoms with van der Waals surface area (Å²) >= 11 is 0. The minimum absolute atomic E-state index is 0.334. The third kappa shape index (κ3) is 4.99. The Morgan fingerprint density at radius 3 is 1.41 bits per heavy atom. The average Bonchev–Trinajstić information content (AvgIpc) is 2.12. The SMILES string of the molecule is CCC(C)[Si](OC(C)=O)(OC(C)=O)OC(C)=O. The molecule has 1 unspecified atom stereocenters. The highest BCUT2D eigenvalue weighted by atomic mass is 28.4. The van der Waals surface area contributed by atoms with Gasteiger partial charge in [-0.3, -0.25) is 14.4 Å². The molecule has 7 heteroatoms.